The Morgan fingerprint density at radius 3 is 2.75 bits per heavy atom. The van der Waals surface area contributed by atoms with Crippen LogP contribution in [-0.2, 0) is 9.53 Å². The largest absolute Gasteiger partial charge is 0.458 e. The van der Waals surface area contributed by atoms with Crippen molar-refractivity contribution in [1.29, 1.82) is 0 Å². The van der Waals surface area contributed by atoms with E-state index in [-0.39, 0.29) is 16.8 Å². The quantitative estimate of drug-likeness (QED) is 0.743. The summed E-state index contributed by atoms with van der Waals surface area (Å²) in [6, 6.07) is 0. The van der Waals surface area contributed by atoms with E-state index in [2.05, 4.69) is 20.8 Å². The van der Waals surface area contributed by atoms with Crippen LogP contribution in [0, 0.1) is 34.5 Å². The normalized spacial score (nSPS) is 52.4. The third-order valence-electron chi connectivity index (χ3n) is 9.07. The maximum absolute atomic E-state index is 12.1. The lowest BCUT2D eigenvalue weighted by Crippen LogP contribution is -2.63. The Kier molecular flexibility index (Phi) is 2.87. The topological polar surface area (TPSA) is 46.5 Å². The van der Waals surface area contributed by atoms with Crippen molar-refractivity contribution in [3.63, 3.8) is 0 Å². The minimum atomic E-state index is -0.539. The Balaban J connectivity index is 1.55. The van der Waals surface area contributed by atoms with Gasteiger partial charge in [-0.2, -0.15) is 0 Å². The number of ether oxygens (including phenoxy) is 1. The van der Waals surface area contributed by atoms with Gasteiger partial charge in [-0.3, -0.25) is 0 Å². The second-order valence-electron chi connectivity index (χ2n) is 9.86. The molecule has 0 aromatic carbocycles. The van der Waals surface area contributed by atoms with Crippen LogP contribution in [0.1, 0.15) is 65.7 Å². The number of rotatable bonds is 1. The molecule has 0 radical (unpaired) electrons. The Morgan fingerprint density at radius 2 is 2.00 bits per heavy atom. The molecule has 3 fully saturated rings. The third-order valence-corrected chi connectivity index (χ3v) is 9.07. The fourth-order valence-corrected chi connectivity index (χ4v) is 7.70. The average molecular weight is 330 g/mol. The van der Waals surface area contributed by atoms with E-state index in [1.807, 2.05) is 0 Å². The van der Waals surface area contributed by atoms with Gasteiger partial charge in [-0.25, -0.2) is 4.79 Å². The predicted octanol–water partition coefficient (Wildman–Crippen LogP) is 3.85. The van der Waals surface area contributed by atoms with E-state index in [1.165, 1.54) is 18.4 Å². The molecule has 6 atom stereocenters. The van der Waals surface area contributed by atoms with Crippen molar-refractivity contribution >= 4 is 5.97 Å². The Morgan fingerprint density at radius 1 is 1.21 bits per heavy atom. The molecule has 5 rings (SSSR count). The highest BCUT2D eigenvalue weighted by atomic mass is 16.5. The molecule has 0 saturated heterocycles. The molecule has 1 heterocycles. The number of aliphatic hydroxyl groups is 1. The molecule has 3 heteroatoms. The number of cyclic esters (lactones) is 1. The van der Waals surface area contributed by atoms with Crippen LogP contribution in [-0.4, -0.2) is 23.3 Å². The Hall–Kier alpha value is -0.830. The maximum atomic E-state index is 12.1. The van der Waals surface area contributed by atoms with Gasteiger partial charge in [0.15, 0.2) is 0 Å². The second kappa shape index (κ2) is 4.47. The van der Waals surface area contributed by atoms with E-state index in [1.54, 1.807) is 0 Å². The molecule has 3 saturated carbocycles. The molecule has 0 bridgehead atoms. The van der Waals surface area contributed by atoms with Crippen molar-refractivity contribution in [3.05, 3.63) is 11.1 Å². The summed E-state index contributed by atoms with van der Waals surface area (Å²) in [6.07, 6.45) is 7.38. The molecular weight excluding hydrogens is 300 g/mol. The minimum absolute atomic E-state index is 0.0746. The highest BCUT2D eigenvalue weighted by molar-refractivity contribution is 5.92. The van der Waals surface area contributed by atoms with E-state index >= 15 is 0 Å². The first kappa shape index (κ1) is 15.4. The van der Waals surface area contributed by atoms with Crippen LogP contribution in [0.4, 0.5) is 0 Å². The number of carbonyl (C=O) groups excluding carboxylic acids is 1. The molecule has 1 spiro atoms. The van der Waals surface area contributed by atoms with Crippen molar-refractivity contribution < 1.29 is 14.6 Å². The number of hydrogen-bond donors (Lipinski definition) is 1. The van der Waals surface area contributed by atoms with Crippen LogP contribution in [0.25, 0.3) is 0 Å². The fraction of sp³-hybridized carbons (Fsp3) is 0.857. The van der Waals surface area contributed by atoms with Crippen LogP contribution in [0.2, 0.25) is 0 Å². The van der Waals surface area contributed by atoms with E-state index < -0.39 is 5.60 Å². The van der Waals surface area contributed by atoms with Gasteiger partial charge >= 0.3 is 5.97 Å². The first-order valence-corrected chi connectivity index (χ1v) is 9.95. The van der Waals surface area contributed by atoms with Gasteiger partial charge in [-0.1, -0.05) is 20.8 Å². The molecule has 5 aliphatic rings. The molecule has 0 aromatic rings. The molecule has 3 nitrogen and oxygen atoms in total. The maximum Gasteiger partial charge on any atom is 0.334 e. The monoisotopic (exact) mass is 330 g/mol. The van der Waals surface area contributed by atoms with Gasteiger partial charge < -0.3 is 9.84 Å². The average Bonchev–Trinajstić information content (AvgIpc) is 3.16. The Bertz CT molecular complexity index is 649. The van der Waals surface area contributed by atoms with Gasteiger partial charge in [0.05, 0.1) is 5.60 Å². The lowest BCUT2D eigenvalue weighted by molar-refractivity contribution is -0.209. The summed E-state index contributed by atoms with van der Waals surface area (Å²) in [5, 5.41) is 12.1. The second-order valence-corrected chi connectivity index (χ2v) is 9.86. The summed E-state index contributed by atoms with van der Waals surface area (Å²) in [7, 11) is 0. The van der Waals surface area contributed by atoms with E-state index in [0.717, 1.165) is 55.4 Å². The van der Waals surface area contributed by atoms with Gasteiger partial charge in [0.1, 0.15) is 6.61 Å². The summed E-state index contributed by atoms with van der Waals surface area (Å²) >= 11 is 0. The zero-order valence-electron chi connectivity index (χ0n) is 15.2. The van der Waals surface area contributed by atoms with E-state index in [0.29, 0.717) is 12.5 Å². The molecule has 24 heavy (non-hydrogen) atoms. The molecule has 6 unspecified atom stereocenters. The summed E-state index contributed by atoms with van der Waals surface area (Å²) in [6.45, 7) is 7.52. The highest BCUT2D eigenvalue weighted by Crippen LogP contribution is 2.79. The van der Waals surface area contributed by atoms with Crippen molar-refractivity contribution in [2.45, 2.75) is 71.3 Å². The van der Waals surface area contributed by atoms with Crippen LogP contribution in [0.15, 0.2) is 11.1 Å². The molecule has 0 aromatic heterocycles. The van der Waals surface area contributed by atoms with Crippen LogP contribution in [0.3, 0.4) is 0 Å². The summed E-state index contributed by atoms with van der Waals surface area (Å²) in [5.74, 6) is 2.50. The fourth-order valence-electron chi connectivity index (χ4n) is 7.70. The van der Waals surface area contributed by atoms with E-state index in [9.17, 15) is 9.90 Å². The smallest absolute Gasteiger partial charge is 0.334 e. The standard InChI is InChI=1S/C21H30O3/c1-12(2)13-5-9-21(23)19(3)7-4-14-15(11-24-18(14)22)16(19)6-8-20(21)10-17(13)20/h12-13,16-17,23H,4-11H2,1-3H3. The van der Waals surface area contributed by atoms with Crippen molar-refractivity contribution in [2.75, 3.05) is 6.61 Å². The summed E-state index contributed by atoms with van der Waals surface area (Å²) < 4.78 is 5.35. The molecule has 1 aliphatic heterocycles. The zero-order valence-corrected chi connectivity index (χ0v) is 15.2. The van der Waals surface area contributed by atoms with Gasteiger partial charge in [-0.15, -0.1) is 0 Å². The minimum Gasteiger partial charge on any atom is -0.458 e. The van der Waals surface area contributed by atoms with Crippen molar-refractivity contribution in [2.24, 2.45) is 34.5 Å². The number of hydrogen-bond acceptors (Lipinski definition) is 3. The Labute approximate surface area is 144 Å². The molecule has 4 aliphatic carbocycles. The summed E-state index contributed by atoms with van der Waals surface area (Å²) in [5.41, 5.74) is 1.74. The first-order chi connectivity index (χ1) is 11.3. The molecule has 132 valence electrons. The van der Waals surface area contributed by atoms with Crippen LogP contribution in [0.5, 0.6) is 0 Å². The highest BCUT2D eigenvalue weighted by Gasteiger charge is 2.77. The van der Waals surface area contributed by atoms with Gasteiger partial charge in [0.25, 0.3) is 0 Å². The first-order valence-electron chi connectivity index (χ1n) is 9.95. The third kappa shape index (κ3) is 1.52. The van der Waals surface area contributed by atoms with Gasteiger partial charge in [-0.05, 0) is 74.2 Å². The van der Waals surface area contributed by atoms with Crippen LogP contribution < -0.4 is 0 Å². The number of carbonyl (C=O) groups is 1. The number of fused-ring (bicyclic) bond motifs is 3. The lowest BCUT2D eigenvalue weighted by atomic mass is 9.45. The van der Waals surface area contributed by atoms with Crippen LogP contribution >= 0.6 is 0 Å². The van der Waals surface area contributed by atoms with E-state index in [4.69, 9.17) is 4.74 Å². The lowest BCUT2D eigenvalue weighted by Gasteiger charge is -2.62. The molecule has 1 N–H and O–H groups in total. The van der Waals surface area contributed by atoms with Gasteiger partial charge in [0.2, 0.25) is 0 Å². The van der Waals surface area contributed by atoms with Crippen molar-refractivity contribution in [3.8, 4) is 0 Å². The molecule has 0 amide bonds. The predicted molar refractivity (Wildman–Crippen MR) is 91.1 cm³/mol. The number of esters is 1. The zero-order chi connectivity index (χ0) is 16.9. The SMILES string of the molecule is CC(C)C1CCC2(O)C3(C)CCC4=C(COC4=O)C3CCC23CC13. The summed E-state index contributed by atoms with van der Waals surface area (Å²) in [4.78, 5) is 12.0. The molecular formula is C21H30O3. The van der Waals surface area contributed by atoms with Crippen molar-refractivity contribution in [1.82, 2.24) is 0 Å². The van der Waals surface area contributed by atoms with Gasteiger partial charge in [0, 0.05) is 16.4 Å².